The second kappa shape index (κ2) is 5.58. The number of carbonyl (C=O) groups is 1. The number of benzene rings is 1. The number of aromatic carboxylic acids is 1. The van der Waals surface area contributed by atoms with E-state index in [0.717, 1.165) is 18.8 Å². The van der Waals surface area contributed by atoms with E-state index in [4.69, 9.17) is 10.8 Å². The topological polar surface area (TPSA) is 66.6 Å². The van der Waals surface area contributed by atoms with Gasteiger partial charge in [0.2, 0.25) is 0 Å². The zero-order valence-corrected chi connectivity index (χ0v) is 12.5. The molecule has 0 unspecified atom stereocenters. The van der Waals surface area contributed by atoms with Crippen LogP contribution in [0.4, 0.5) is 11.4 Å². The Hall–Kier alpha value is -1.71. The summed E-state index contributed by atoms with van der Waals surface area (Å²) in [5.41, 5.74) is 8.49. The van der Waals surface area contributed by atoms with Crippen molar-refractivity contribution in [2.45, 2.75) is 44.9 Å². The molecule has 1 saturated carbocycles. The van der Waals surface area contributed by atoms with E-state index in [1.54, 1.807) is 18.2 Å². The molecule has 0 radical (unpaired) electrons. The van der Waals surface area contributed by atoms with Crippen LogP contribution >= 0.6 is 0 Å². The Bertz CT molecular complexity index is 526. The van der Waals surface area contributed by atoms with Crippen LogP contribution in [0.1, 0.15) is 55.3 Å². The number of nitrogens with zero attached hydrogens (tertiary/aromatic N) is 1. The van der Waals surface area contributed by atoms with Crippen LogP contribution in [-0.2, 0) is 0 Å². The number of carboxylic acids is 1. The first kappa shape index (κ1) is 14.2. The molecule has 3 N–H and O–H groups in total. The van der Waals surface area contributed by atoms with Crippen molar-refractivity contribution in [2.24, 2.45) is 5.41 Å². The average Bonchev–Trinajstić information content (AvgIpc) is 2.49. The third-order valence-corrected chi connectivity index (χ3v) is 5.36. The monoisotopic (exact) mass is 288 g/mol. The van der Waals surface area contributed by atoms with Gasteiger partial charge in [-0.1, -0.05) is 19.3 Å². The van der Waals surface area contributed by atoms with Crippen LogP contribution in [0.15, 0.2) is 18.2 Å². The molecule has 21 heavy (non-hydrogen) atoms. The summed E-state index contributed by atoms with van der Waals surface area (Å²) in [6, 6.07) is 5.01. The van der Waals surface area contributed by atoms with E-state index in [2.05, 4.69) is 4.90 Å². The molecule has 0 amide bonds. The molecule has 2 fully saturated rings. The molecule has 114 valence electrons. The normalized spacial score (nSPS) is 21.4. The van der Waals surface area contributed by atoms with E-state index in [1.807, 2.05) is 0 Å². The standard InChI is InChI=1S/C17H24N2O2/c18-14-5-4-13(16(20)21)12-15(14)19-10-8-17(9-11-19)6-2-1-3-7-17/h4-5,12H,1-3,6-11,18H2,(H,20,21). The minimum absolute atomic E-state index is 0.317. The summed E-state index contributed by atoms with van der Waals surface area (Å²) in [6.07, 6.45) is 9.29. The van der Waals surface area contributed by atoms with Gasteiger partial charge in [-0.05, 0) is 49.3 Å². The van der Waals surface area contributed by atoms with Crippen molar-refractivity contribution < 1.29 is 9.90 Å². The Balaban J connectivity index is 1.74. The summed E-state index contributed by atoms with van der Waals surface area (Å²) in [7, 11) is 0. The van der Waals surface area contributed by atoms with Gasteiger partial charge >= 0.3 is 5.97 Å². The van der Waals surface area contributed by atoms with E-state index in [9.17, 15) is 4.79 Å². The van der Waals surface area contributed by atoms with Gasteiger partial charge in [-0.25, -0.2) is 4.79 Å². The molecular weight excluding hydrogens is 264 g/mol. The lowest BCUT2D eigenvalue weighted by molar-refractivity contribution is 0.0697. The fourth-order valence-corrected chi connectivity index (χ4v) is 3.97. The van der Waals surface area contributed by atoms with Crippen molar-refractivity contribution in [3.63, 3.8) is 0 Å². The van der Waals surface area contributed by atoms with Crippen molar-refractivity contribution in [3.8, 4) is 0 Å². The van der Waals surface area contributed by atoms with E-state index < -0.39 is 5.97 Å². The average molecular weight is 288 g/mol. The highest BCUT2D eigenvalue weighted by molar-refractivity contribution is 5.90. The van der Waals surface area contributed by atoms with Crippen LogP contribution in [0.3, 0.4) is 0 Å². The lowest BCUT2D eigenvalue weighted by atomic mass is 9.68. The molecule has 1 spiro atoms. The third kappa shape index (κ3) is 2.85. The van der Waals surface area contributed by atoms with Gasteiger partial charge in [0, 0.05) is 13.1 Å². The Kier molecular flexibility index (Phi) is 3.79. The van der Waals surface area contributed by atoms with Gasteiger partial charge in [0.25, 0.3) is 0 Å². The molecular formula is C17H24N2O2. The zero-order valence-electron chi connectivity index (χ0n) is 12.5. The fraction of sp³-hybridized carbons (Fsp3) is 0.588. The summed E-state index contributed by atoms with van der Waals surface area (Å²) in [5, 5.41) is 9.14. The molecule has 3 rings (SSSR count). The molecule has 1 aliphatic carbocycles. The first-order valence-electron chi connectivity index (χ1n) is 7.97. The quantitative estimate of drug-likeness (QED) is 0.817. The fourth-order valence-electron chi connectivity index (χ4n) is 3.97. The molecule has 0 aromatic heterocycles. The van der Waals surface area contributed by atoms with Crippen LogP contribution in [0, 0.1) is 5.41 Å². The summed E-state index contributed by atoms with van der Waals surface area (Å²) in [6.45, 7) is 1.99. The smallest absolute Gasteiger partial charge is 0.335 e. The van der Waals surface area contributed by atoms with Gasteiger partial charge < -0.3 is 15.7 Å². The molecule has 0 atom stereocenters. The van der Waals surface area contributed by atoms with Crippen LogP contribution in [0.5, 0.6) is 0 Å². The maximum absolute atomic E-state index is 11.1. The van der Waals surface area contributed by atoms with Crippen LogP contribution in [-0.4, -0.2) is 24.2 Å². The second-order valence-corrected chi connectivity index (χ2v) is 6.63. The largest absolute Gasteiger partial charge is 0.478 e. The molecule has 1 aromatic rings. The van der Waals surface area contributed by atoms with Crippen molar-refractivity contribution in [2.75, 3.05) is 23.7 Å². The van der Waals surface area contributed by atoms with Crippen LogP contribution in [0.25, 0.3) is 0 Å². The zero-order chi connectivity index (χ0) is 14.9. The summed E-state index contributed by atoms with van der Waals surface area (Å²) < 4.78 is 0. The number of piperidine rings is 1. The Labute approximate surface area is 125 Å². The van der Waals surface area contributed by atoms with Crippen LogP contribution < -0.4 is 10.6 Å². The molecule has 1 aliphatic heterocycles. The summed E-state index contributed by atoms with van der Waals surface area (Å²) >= 11 is 0. The number of nitrogens with two attached hydrogens (primary N) is 1. The summed E-state index contributed by atoms with van der Waals surface area (Å²) in [5.74, 6) is -0.892. The predicted octanol–water partition coefficient (Wildman–Crippen LogP) is 3.52. The molecule has 1 aromatic carbocycles. The second-order valence-electron chi connectivity index (χ2n) is 6.63. The van der Waals surface area contributed by atoms with Gasteiger partial charge in [0.1, 0.15) is 0 Å². The molecule has 2 aliphatic rings. The van der Waals surface area contributed by atoms with Crippen LogP contribution in [0.2, 0.25) is 0 Å². The van der Waals surface area contributed by atoms with Gasteiger partial charge in [-0.2, -0.15) is 0 Å². The van der Waals surface area contributed by atoms with Crippen molar-refractivity contribution in [3.05, 3.63) is 23.8 Å². The number of nitrogen functional groups attached to an aromatic ring is 1. The Morgan fingerprint density at radius 2 is 1.76 bits per heavy atom. The minimum Gasteiger partial charge on any atom is -0.478 e. The Morgan fingerprint density at radius 1 is 1.10 bits per heavy atom. The molecule has 1 saturated heterocycles. The number of hydrogen-bond acceptors (Lipinski definition) is 3. The first-order valence-corrected chi connectivity index (χ1v) is 7.97. The van der Waals surface area contributed by atoms with Gasteiger partial charge in [-0.15, -0.1) is 0 Å². The maximum atomic E-state index is 11.1. The number of carboxylic acid groups (broad SMARTS) is 1. The summed E-state index contributed by atoms with van der Waals surface area (Å²) in [4.78, 5) is 13.4. The van der Waals surface area contributed by atoms with Gasteiger partial charge in [0.05, 0.1) is 16.9 Å². The number of anilines is 2. The Morgan fingerprint density at radius 3 is 2.38 bits per heavy atom. The van der Waals surface area contributed by atoms with Gasteiger partial charge in [-0.3, -0.25) is 0 Å². The first-order chi connectivity index (χ1) is 10.1. The molecule has 4 nitrogen and oxygen atoms in total. The number of hydrogen-bond donors (Lipinski definition) is 2. The molecule has 0 bridgehead atoms. The van der Waals surface area contributed by atoms with E-state index in [1.165, 1.54) is 44.9 Å². The lowest BCUT2D eigenvalue weighted by Crippen LogP contribution is -2.41. The third-order valence-electron chi connectivity index (χ3n) is 5.36. The van der Waals surface area contributed by atoms with Crippen molar-refractivity contribution in [1.29, 1.82) is 0 Å². The minimum atomic E-state index is -0.892. The lowest BCUT2D eigenvalue weighted by Gasteiger charge is -2.45. The van der Waals surface area contributed by atoms with E-state index >= 15 is 0 Å². The highest BCUT2D eigenvalue weighted by Gasteiger charge is 2.35. The highest BCUT2D eigenvalue weighted by Crippen LogP contribution is 2.45. The molecule has 1 heterocycles. The number of rotatable bonds is 2. The van der Waals surface area contributed by atoms with Crippen molar-refractivity contribution in [1.82, 2.24) is 0 Å². The highest BCUT2D eigenvalue weighted by atomic mass is 16.4. The van der Waals surface area contributed by atoms with Gasteiger partial charge in [0.15, 0.2) is 0 Å². The molecule has 4 heteroatoms. The SMILES string of the molecule is Nc1ccc(C(=O)O)cc1N1CCC2(CCCCC2)CC1. The van der Waals surface area contributed by atoms with Crippen molar-refractivity contribution >= 4 is 17.3 Å². The van der Waals surface area contributed by atoms with E-state index in [-0.39, 0.29) is 0 Å². The maximum Gasteiger partial charge on any atom is 0.335 e. The predicted molar refractivity (Wildman–Crippen MR) is 84.8 cm³/mol. The van der Waals surface area contributed by atoms with E-state index in [0.29, 0.717) is 16.7 Å².